The fourth-order valence-electron chi connectivity index (χ4n) is 5.94. The highest BCUT2D eigenvalue weighted by Crippen LogP contribution is 2.44. The number of hydrogen-bond acceptors (Lipinski definition) is 6. The van der Waals surface area contributed by atoms with Crippen LogP contribution in [0.4, 0.5) is 9.80 Å². The molecule has 1 aliphatic heterocycles. The Morgan fingerprint density at radius 1 is 0.932 bits per heavy atom. The van der Waals surface area contributed by atoms with Gasteiger partial charge in [0.15, 0.2) is 0 Å². The van der Waals surface area contributed by atoms with Crippen LogP contribution in [0.25, 0.3) is 27.1 Å². The number of benzene rings is 3. The Balaban J connectivity index is 1.07. The molecule has 2 heterocycles. The third-order valence-electron chi connectivity index (χ3n) is 8.37. The molecule has 7 nitrogen and oxygen atoms in total. The maximum Gasteiger partial charge on any atom is 0.407 e. The van der Waals surface area contributed by atoms with Crippen LogP contribution in [0, 0.1) is 0 Å². The minimum Gasteiger partial charge on any atom is -0.449 e. The summed E-state index contributed by atoms with van der Waals surface area (Å²) in [6.07, 6.45) is 3.04. The normalized spacial score (nSPS) is 15.2. The molecule has 44 heavy (non-hydrogen) atoms. The Labute approximate surface area is 262 Å². The first-order valence-corrected chi connectivity index (χ1v) is 15.8. The molecule has 1 unspecified atom stereocenters. The molecule has 2 N–H and O–H groups in total. The van der Waals surface area contributed by atoms with Gasteiger partial charge in [0.2, 0.25) is 5.91 Å². The van der Waals surface area contributed by atoms with E-state index in [9.17, 15) is 9.59 Å². The highest BCUT2D eigenvalue weighted by molar-refractivity contribution is 7.19. The van der Waals surface area contributed by atoms with Crippen molar-refractivity contribution in [3.63, 3.8) is 0 Å². The second kappa shape index (κ2) is 13.6. The summed E-state index contributed by atoms with van der Waals surface area (Å²) in [5, 5.41) is 6.45. The zero-order valence-corrected chi connectivity index (χ0v) is 25.9. The molecule has 0 saturated carbocycles. The van der Waals surface area contributed by atoms with E-state index < -0.39 is 12.1 Å². The topological polar surface area (TPSA) is 79.9 Å². The number of thiophene rings is 1. The largest absolute Gasteiger partial charge is 0.449 e. The quantitative estimate of drug-likeness (QED) is 0.203. The Kier molecular flexibility index (Phi) is 9.21. The zero-order chi connectivity index (χ0) is 30.5. The Hall–Kier alpha value is -4.24. The number of methoxy groups -OCH3 is 1. The lowest BCUT2D eigenvalue weighted by Gasteiger charge is -2.22. The lowest BCUT2D eigenvalue weighted by Crippen LogP contribution is -2.44. The number of alkyl carbamates (subject to hydrolysis) is 1. The third kappa shape index (κ3) is 6.63. The summed E-state index contributed by atoms with van der Waals surface area (Å²) >= 11 is 1.50. The molecular weight excluding hydrogens is 570 g/mol. The van der Waals surface area contributed by atoms with Gasteiger partial charge in [0, 0.05) is 44.0 Å². The monoisotopic (exact) mass is 607 g/mol. The lowest BCUT2D eigenvalue weighted by molar-refractivity contribution is -0.118. The first kappa shape index (κ1) is 29.8. The molecule has 226 valence electrons. The maximum atomic E-state index is 13.3. The smallest absolute Gasteiger partial charge is 0.407 e. The third-order valence-corrected chi connectivity index (χ3v) is 9.42. The molecule has 2 amide bonds. The summed E-state index contributed by atoms with van der Waals surface area (Å²) < 4.78 is 10.9. The van der Waals surface area contributed by atoms with Crippen LogP contribution >= 0.6 is 11.3 Å². The summed E-state index contributed by atoms with van der Waals surface area (Å²) in [6.45, 7) is 2.55. The summed E-state index contributed by atoms with van der Waals surface area (Å²) in [7, 11) is 3.71. The number of anilines is 1. The number of fused-ring (bicyclic) bond motifs is 3. The molecule has 2 aliphatic rings. The van der Waals surface area contributed by atoms with Crippen LogP contribution in [0.15, 0.2) is 91.0 Å². The van der Waals surface area contributed by atoms with Crippen LogP contribution in [0.5, 0.6) is 0 Å². The molecule has 1 aromatic heterocycles. The van der Waals surface area contributed by atoms with E-state index >= 15 is 0 Å². The molecule has 1 atom stereocenters. The van der Waals surface area contributed by atoms with Crippen molar-refractivity contribution < 1.29 is 19.1 Å². The van der Waals surface area contributed by atoms with Gasteiger partial charge in [-0.05, 0) is 64.6 Å². The van der Waals surface area contributed by atoms with Gasteiger partial charge in [0.25, 0.3) is 0 Å². The average Bonchev–Trinajstić information content (AvgIpc) is 3.65. The fraction of sp³-hybridized carbons (Fsp3) is 0.278. The van der Waals surface area contributed by atoms with Crippen molar-refractivity contribution in [3.05, 3.63) is 108 Å². The maximum absolute atomic E-state index is 13.3. The van der Waals surface area contributed by atoms with E-state index in [0.717, 1.165) is 52.2 Å². The zero-order valence-electron chi connectivity index (χ0n) is 25.0. The van der Waals surface area contributed by atoms with E-state index in [-0.39, 0.29) is 18.4 Å². The molecule has 3 aromatic carbocycles. The summed E-state index contributed by atoms with van der Waals surface area (Å²) in [4.78, 5) is 29.6. The van der Waals surface area contributed by atoms with Crippen LogP contribution in [0.1, 0.15) is 35.4 Å². The lowest BCUT2D eigenvalue weighted by atomic mass is 9.98. The van der Waals surface area contributed by atoms with E-state index in [1.54, 1.807) is 7.11 Å². The Bertz CT molecular complexity index is 1620. The van der Waals surface area contributed by atoms with Crippen LogP contribution in [0.3, 0.4) is 0 Å². The number of carbonyl (C=O) groups excluding carboxylic acids is 2. The van der Waals surface area contributed by atoms with Crippen molar-refractivity contribution in [2.75, 3.05) is 45.8 Å². The van der Waals surface area contributed by atoms with E-state index in [0.29, 0.717) is 18.0 Å². The SMILES string of the molecule is COCCC(NC(=O)OCC1c2ccccc2-c2ccccc21)C(=O)Nc1ccc(-c2ccc(C3=CCN(C)CC3)cc2)s1. The number of hydrogen-bond donors (Lipinski definition) is 2. The summed E-state index contributed by atoms with van der Waals surface area (Å²) in [5.74, 6) is -0.368. The average molecular weight is 608 g/mol. The Morgan fingerprint density at radius 3 is 2.27 bits per heavy atom. The highest BCUT2D eigenvalue weighted by atomic mass is 32.1. The van der Waals surface area contributed by atoms with Crippen LogP contribution in [-0.4, -0.2) is 63.4 Å². The minimum atomic E-state index is -0.807. The van der Waals surface area contributed by atoms with Crippen molar-refractivity contribution in [2.45, 2.75) is 24.8 Å². The molecule has 6 rings (SSSR count). The molecule has 0 saturated heterocycles. The van der Waals surface area contributed by atoms with Crippen molar-refractivity contribution >= 4 is 33.9 Å². The summed E-state index contributed by atoms with van der Waals surface area (Å²) in [6, 6.07) is 28.1. The van der Waals surface area contributed by atoms with Gasteiger partial charge in [-0.25, -0.2) is 4.79 Å². The first-order chi connectivity index (χ1) is 21.5. The fourth-order valence-corrected chi connectivity index (χ4v) is 6.85. The number of rotatable bonds is 10. The number of ether oxygens (including phenoxy) is 2. The number of nitrogens with zero attached hydrogens (tertiary/aromatic N) is 1. The predicted octanol–water partition coefficient (Wildman–Crippen LogP) is 7.02. The molecule has 1 aliphatic carbocycles. The van der Waals surface area contributed by atoms with Gasteiger partial charge < -0.3 is 25.0 Å². The number of amides is 2. The van der Waals surface area contributed by atoms with E-state index in [2.05, 4.69) is 77.2 Å². The number of likely N-dealkylation sites (N-methyl/N-ethyl adjacent to an activating group) is 1. The van der Waals surface area contributed by atoms with Gasteiger partial charge in [0.05, 0.1) is 5.00 Å². The van der Waals surface area contributed by atoms with Gasteiger partial charge in [-0.3, -0.25) is 4.79 Å². The van der Waals surface area contributed by atoms with Gasteiger partial charge in [-0.15, -0.1) is 11.3 Å². The van der Waals surface area contributed by atoms with Gasteiger partial charge in [-0.2, -0.15) is 0 Å². The minimum absolute atomic E-state index is 0.0564. The molecule has 8 heteroatoms. The van der Waals surface area contributed by atoms with Crippen molar-refractivity contribution in [2.24, 2.45) is 0 Å². The van der Waals surface area contributed by atoms with Gasteiger partial charge >= 0.3 is 6.09 Å². The first-order valence-electron chi connectivity index (χ1n) is 15.0. The standard InChI is InChI=1S/C36H37N3O4S/c1-39-20-17-25(18-21-39)24-11-13-26(14-12-24)33-15-16-34(44-33)38-35(40)32(19-22-42-2)37-36(41)43-23-31-29-9-5-3-7-27(29)28-8-4-6-10-30(28)31/h3-17,31-32H,18-23H2,1-2H3,(H,37,41)(H,38,40). The molecule has 0 spiro atoms. The number of carbonyl (C=O) groups is 2. The van der Waals surface area contributed by atoms with E-state index in [1.165, 1.54) is 22.5 Å². The Morgan fingerprint density at radius 2 is 1.61 bits per heavy atom. The van der Waals surface area contributed by atoms with Crippen molar-refractivity contribution in [1.82, 2.24) is 10.2 Å². The predicted molar refractivity (Wildman–Crippen MR) is 177 cm³/mol. The van der Waals surface area contributed by atoms with Crippen molar-refractivity contribution in [1.29, 1.82) is 0 Å². The second-order valence-corrected chi connectivity index (χ2v) is 12.4. The highest BCUT2D eigenvalue weighted by Gasteiger charge is 2.30. The summed E-state index contributed by atoms with van der Waals surface area (Å²) in [5.41, 5.74) is 8.34. The van der Waals surface area contributed by atoms with E-state index in [1.807, 2.05) is 36.4 Å². The van der Waals surface area contributed by atoms with Crippen molar-refractivity contribution in [3.8, 4) is 21.6 Å². The second-order valence-electron chi connectivity index (χ2n) is 11.3. The molecule has 4 aromatic rings. The van der Waals surface area contributed by atoms with Crippen LogP contribution < -0.4 is 10.6 Å². The molecule has 0 bridgehead atoms. The molecule has 0 fully saturated rings. The van der Waals surface area contributed by atoms with Gasteiger partial charge in [0.1, 0.15) is 12.6 Å². The number of nitrogens with one attached hydrogen (secondary N) is 2. The van der Waals surface area contributed by atoms with Gasteiger partial charge in [-0.1, -0.05) is 78.9 Å². The van der Waals surface area contributed by atoms with E-state index in [4.69, 9.17) is 9.47 Å². The van der Waals surface area contributed by atoms with Crippen LogP contribution in [0.2, 0.25) is 0 Å². The molecule has 0 radical (unpaired) electrons. The molecular formula is C36H37N3O4S. The van der Waals surface area contributed by atoms with Crippen LogP contribution in [-0.2, 0) is 14.3 Å².